The molecule has 0 radical (unpaired) electrons. The molecule has 1 aliphatic carbocycles. The number of carbonyl (C=O) groups excluding carboxylic acids is 1. The molecule has 0 N–H and O–H groups in total. The zero-order chi connectivity index (χ0) is 10.1. The van der Waals surface area contributed by atoms with Gasteiger partial charge in [0.1, 0.15) is 11.5 Å². The highest BCUT2D eigenvalue weighted by molar-refractivity contribution is 7.12. The molecule has 2 rings (SSSR count). The van der Waals surface area contributed by atoms with Gasteiger partial charge < -0.3 is 4.74 Å². The lowest BCUT2D eigenvalue weighted by atomic mass is 10.2. The van der Waals surface area contributed by atoms with Crippen LogP contribution in [0.5, 0.6) is 5.75 Å². The summed E-state index contributed by atoms with van der Waals surface area (Å²) in [5, 5.41) is 0. The first-order valence-corrected chi connectivity index (χ1v) is 5.68. The molecule has 1 fully saturated rings. The van der Waals surface area contributed by atoms with E-state index in [9.17, 15) is 4.79 Å². The molecule has 1 aliphatic rings. The smallest absolute Gasteiger partial charge is 0.135 e. The molecular formula is C11H14O2S. The third kappa shape index (κ3) is 1.98. The van der Waals surface area contributed by atoms with E-state index in [2.05, 4.69) is 6.07 Å². The largest absolute Gasteiger partial charge is 0.496 e. The minimum absolute atomic E-state index is 0.201. The fraction of sp³-hybridized carbons (Fsp3) is 0.545. The molecule has 0 atom stereocenters. The van der Waals surface area contributed by atoms with E-state index in [1.54, 1.807) is 25.4 Å². The van der Waals surface area contributed by atoms with Crippen molar-refractivity contribution in [3.63, 3.8) is 0 Å². The van der Waals surface area contributed by atoms with Crippen LogP contribution >= 0.6 is 11.3 Å². The van der Waals surface area contributed by atoms with E-state index >= 15 is 0 Å². The lowest BCUT2D eigenvalue weighted by molar-refractivity contribution is -0.116. The third-order valence-corrected chi connectivity index (χ3v) is 3.68. The van der Waals surface area contributed by atoms with Crippen molar-refractivity contribution in [2.45, 2.75) is 32.1 Å². The van der Waals surface area contributed by atoms with Crippen molar-refractivity contribution in [3.05, 3.63) is 15.8 Å². The number of thiophene rings is 1. The van der Waals surface area contributed by atoms with Crippen molar-refractivity contribution >= 4 is 17.1 Å². The van der Waals surface area contributed by atoms with Crippen LogP contribution in [0.4, 0.5) is 0 Å². The molecule has 0 unspecified atom stereocenters. The summed E-state index contributed by atoms with van der Waals surface area (Å²) in [5.41, 5.74) is 0. The number of carbonyl (C=O) groups is 1. The zero-order valence-electron chi connectivity index (χ0n) is 8.50. The van der Waals surface area contributed by atoms with Crippen LogP contribution in [0, 0.1) is 0 Å². The first kappa shape index (κ1) is 9.71. The molecule has 14 heavy (non-hydrogen) atoms. The van der Waals surface area contributed by atoms with Crippen LogP contribution in [0.25, 0.3) is 0 Å². The van der Waals surface area contributed by atoms with Gasteiger partial charge in [-0.3, -0.25) is 4.79 Å². The highest BCUT2D eigenvalue weighted by Gasteiger charge is 2.27. The summed E-state index contributed by atoms with van der Waals surface area (Å²) in [5.74, 6) is 1.84. The van der Waals surface area contributed by atoms with E-state index in [0.717, 1.165) is 16.5 Å². The fourth-order valence-corrected chi connectivity index (χ4v) is 2.89. The van der Waals surface area contributed by atoms with Gasteiger partial charge in [-0.15, -0.1) is 11.3 Å². The second-order valence-electron chi connectivity index (χ2n) is 3.79. The number of hydrogen-bond donors (Lipinski definition) is 0. The Morgan fingerprint density at radius 2 is 2.36 bits per heavy atom. The maximum absolute atomic E-state index is 11.0. The predicted octanol–water partition coefficient (Wildman–Crippen LogP) is 2.77. The average Bonchev–Trinajstić information content (AvgIpc) is 2.89. The Balaban J connectivity index is 2.22. The van der Waals surface area contributed by atoms with Crippen LogP contribution in [-0.4, -0.2) is 12.9 Å². The zero-order valence-corrected chi connectivity index (χ0v) is 9.32. The summed E-state index contributed by atoms with van der Waals surface area (Å²) in [6.07, 6.45) is 3.10. The standard InChI is InChI=1S/C11H14O2S/c1-7(12)5-11-9(13-2)6-10(14-11)8-3-4-8/h6,8H,3-5H2,1-2H3. The molecule has 1 aromatic rings. The number of ether oxygens (including phenoxy) is 1. The highest BCUT2D eigenvalue weighted by Crippen LogP contribution is 2.46. The van der Waals surface area contributed by atoms with E-state index in [0.29, 0.717) is 6.42 Å². The molecule has 1 saturated carbocycles. The first-order chi connectivity index (χ1) is 6.70. The Labute approximate surface area is 87.9 Å². The molecule has 1 aromatic heterocycles. The van der Waals surface area contributed by atoms with Gasteiger partial charge >= 0.3 is 0 Å². The van der Waals surface area contributed by atoms with Gasteiger partial charge in [0.05, 0.1) is 12.0 Å². The molecule has 0 aliphatic heterocycles. The van der Waals surface area contributed by atoms with Crippen molar-refractivity contribution < 1.29 is 9.53 Å². The molecule has 76 valence electrons. The molecule has 0 amide bonds. The van der Waals surface area contributed by atoms with Crippen LogP contribution in [-0.2, 0) is 11.2 Å². The fourth-order valence-electron chi connectivity index (χ4n) is 1.52. The third-order valence-electron chi connectivity index (χ3n) is 2.40. The van der Waals surface area contributed by atoms with Gasteiger partial charge in [-0.1, -0.05) is 0 Å². The average molecular weight is 210 g/mol. The van der Waals surface area contributed by atoms with Crippen molar-refractivity contribution in [2.24, 2.45) is 0 Å². The molecule has 2 nitrogen and oxygen atoms in total. The predicted molar refractivity (Wildman–Crippen MR) is 57.2 cm³/mol. The lowest BCUT2D eigenvalue weighted by Crippen LogP contribution is -1.95. The molecule has 0 aromatic carbocycles. The number of methoxy groups -OCH3 is 1. The number of rotatable bonds is 4. The number of Topliss-reactive ketones (excluding diaryl/α,β-unsaturated/α-hetero) is 1. The van der Waals surface area contributed by atoms with Crippen LogP contribution in [0.15, 0.2) is 6.07 Å². The Morgan fingerprint density at radius 1 is 1.64 bits per heavy atom. The van der Waals surface area contributed by atoms with Gasteiger partial charge in [-0.2, -0.15) is 0 Å². The normalized spacial score (nSPS) is 15.6. The molecule has 0 bridgehead atoms. The van der Waals surface area contributed by atoms with E-state index in [1.807, 2.05) is 0 Å². The second kappa shape index (κ2) is 3.73. The molecule has 1 heterocycles. The lowest BCUT2D eigenvalue weighted by Gasteiger charge is -1.98. The Kier molecular flexibility index (Phi) is 2.59. The quantitative estimate of drug-likeness (QED) is 0.763. The van der Waals surface area contributed by atoms with Crippen LogP contribution in [0.3, 0.4) is 0 Å². The summed E-state index contributed by atoms with van der Waals surface area (Å²) < 4.78 is 5.26. The van der Waals surface area contributed by atoms with Crippen molar-refractivity contribution in [1.29, 1.82) is 0 Å². The summed E-state index contributed by atoms with van der Waals surface area (Å²) in [4.78, 5) is 13.5. The van der Waals surface area contributed by atoms with Gasteiger partial charge in [-0.05, 0) is 31.7 Å². The summed E-state index contributed by atoms with van der Waals surface area (Å²) in [7, 11) is 1.67. The van der Waals surface area contributed by atoms with Crippen LogP contribution in [0.2, 0.25) is 0 Å². The van der Waals surface area contributed by atoms with Gasteiger partial charge in [-0.25, -0.2) is 0 Å². The minimum atomic E-state index is 0.201. The maximum atomic E-state index is 11.0. The van der Waals surface area contributed by atoms with Gasteiger partial charge in [0.25, 0.3) is 0 Å². The molecular weight excluding hydrogens is 196 g/mol. The van der Waals surface area contributed by atoms with Crippen molar-refractivity contribution in [2.75, 3.05) is 7.11 Å². The van der Waals surface area contributed by atoms with Crippen molar-refractivity contribution in [1.82, 2.24) is 0 Å². The van der Waals surface area contributed by atoms with Gasteiger partial charge in [0, 0.05) is 11.3 Å². The maximum Gasteiger partial charge on any atom is 0.135 e. The van der Waals surface area contributed by atoms with E-state index in [1.165, 1.54) is 17.7 Å². The topological polar surface area (TPSA) is 26.3 Å². The summed E-state index contributed by atoms with van der Waals surface area (Å²) in [6.45, 7) is 1.62. The van der Waals surface area contributed by atoms with Crippen LogP contribution in [0.1, 0.15) is 35.4 Å². The van der Waals surface area contributed by atoms with Crippen molar-refractivity contribution in [3.8, 4) is 5.75 Å². The molecule has 0 spiro atoms. The summed E-state index contributed by atoms with van der Waals surface area (Å²) >= 11 is 1.74. The Hall–Kier alpha value is -0.830. The van der Waals surface area contributed by atoms with Crippen LogP contribution < -0.4 is 4.74 Å². The second-order valence-corrected chi connectivity index (χ2v) is 4.96. The number of hydrogen-bond acceptors (Lipinski definition) is 3. The van der Waals surface area contributed by atoms with E-state index in [-0.39, 0.29) is 5.78 Å². The van der Waals surface area contributed by atoms with Gasteiger partial charge in [0.2, 0.25) is 0 Å². The molecule has 3 heteroatoms. The Bertz CT molecular complexity index is 350. The highest BCUT2D eigenvalue weighted by atomic mass is 32.1. The van der Waals surface area contributed by atoms with E-state index < -0.39 is 0 Å². The van der Waals surface area contributed by atoms with E-state index in [4.69, 9.17) is 4.74 Å². The number of ketones is 1. The first-order valence-electron chi connectivity index (χ1n) is 4.86. The monoisotopic (exact) mass is 210 g/mol. The Morgan fingerprint density at radius 3 is 2.86 bits per heavy atom. The summed E-state index contributed by atoms with van der Waals surface area (Å²) in [6, 6.07) is 2.10. The van der Waals surface area contributed by atoms with Gasteiger partial charge in [0.15, 0.2) is 0 Å². The molecule has 0 saturated heterocycles. The minimum Gasteiger partial charge on any atom is -0.496 e. The SMILES string of the molecule is COc1cc(C2CC2)sc1CC(C)=O.